The molecule has 0 fully saturated rings. The zero-order chi connectivity index (χ0) is 13.1. The molecule has 0 spiro atoms. The Morgan fingerprint density at radius 3 is 2.58 bits per heavy atom. The molecular formula is C16H11N3. The van der Waals surface area contributed by atoms with Gasteiger partial charge in [0.25, 0.3) is 0 Å². The summed E-state index contributed by atoms with van der Waals surface area (Å²) in [7, 11) is 0. The minimum absolute atomic E-state index is 0.669. The summed E-state index contributed by atoms with van der Waals surface area (Å²) in [4.78, 5) is 0. The van der Waals surface area contributed by atoms with Gasteiger partial charge in [0.05, 0.1) is 22.8 Å². The molecule has 0 amide bonds. The summed E-state index contributed by atoms with van der Waals surface area (Å²) in [5.74, 6) is 0. The predicted octanol–water partition coefficient (Wildman–Crippen LogP) is 3.60. The molecule has 1 N–H and O–H groups in total. The predicted molar refractivity (Wildman–Crippen MR) is 76.2 cm³/mol. The highest BCUT2D eigenvalue weighted by molar-refractivity contribution is 5.89. The molecule has 2 aromatic carbocycles. The summed E-state index contributed by atoms with van der Waals surface area (Å²) < 4.78 is 0. The summed E-state index contributed by atoms with van der Waals surface area (Å²) >= 11 is 0. The van der Waals surface area contributed by atoms with Crippen molar-refractivity contribution in [1.29, 1.82) is 5.26 Å². The number of hydrogen-bond donors (Lipinski definition) is 1. The van der Waals surface area contributed by atoms with Crippen LogP contribution in [0, 0.1) is 11.3 Å². The summed E-state index contributed by atoms with van der Waals surface area (Å²) in [5, 5.41) is 17.1. The Labute approximate surface area is 110 Å². The Morgan fingerprint density at radius 1 is 1.00 bits per heavy atom. The Hall–Kier alpha value is -2.86. The normalized spacial score (nSPS) is 10.9. The number of rotatable bonds is 2. The Bertz CT molecular complexity index is 774. The van der Waals surface area contributed by atoms with E-state index in [0.717, 1.165) is 22.2 Å². The molecule has 1 aromatic heterocycles. The zero-order valence-corrected chi connectivity index (χ0v) is 10.2. The lowest BCUT2D eigenvalue weighted by atomic mass is 10.1. The van der Waals surface area contributed by atoms with E-state index < -0.39 is 0 Å². The van der Waals surface area contributed by atoms with Crippen molar-refractivity contribution in [1.82, 2.24) is 10.2 Å². The monoisotopic (exact) mass is 245 g/mol. The molecule has 0 aliphatic heterocycles. The molecular weight excluding hydrogens is 234 g/mol. The molecule has 1 heterocycles. The lowest BCUT2D eigenvalue weighted by Crippen LogP contribution is -1.76. The van der Waals surface area contributed by atoms with Crippen LogP contribution in [-0.4, -0.2) is 10.2 Å². The smallest absolute Gasteiger partial charge is 0.0991 e. The summed E-state index contributed by atoms with van der Waals surface area (Å²) in [6, 6.07) is 17.6. The molecule has 3 heteroatoms. The quantitative estimate of drug-likeness (QED) is 0.749. The molecule has 0 saturated heterocycles. The van der Waals surface area contributed by atoms with Gasteiger partial charge in [-0.25, -0.2) is 0 Å². The van der Waals surface area contributed by atoms with Crippen LogP contribution in [0.4, 0.5) is 0 Å². The van der Waals surface area contributed by atoms with Gasteiger partial charge in [0, 0.05) is 5.39 Å². The number of nitrogens with zero attached hydrogens (tertiary/aromatic N) is 2. The highest BCUT2D eigenvalue weighted by Gasteiger charge is 2.00. The van der Waals surface area contributed by atoms with Gasteiger partial charge in [-0.05, 0) is 29.8 Å². The third-order valence-electron chi connectivity index (χ3n) is 2.97. The van der Waals surface area contributed by atoms with Gasteiger partial charge in [-0.15, -0.1) is 0 Å². The first-order chi connectivity index (χ1) is 9.36. The highest BCUT2D eigenvalue weighted by Crippen LogP contribution is 2.17. The highest BCUT2D eigenvalue weighted by atomic mass is 15.1. The van der Waals surface area contributed by atoms with Gasteiger partial charge in [0.1, 0.15) is 0 Å². The Balaban J connectivity index is 1.91. The first-order valence-electron chi connectivity index (χ1n) is 5.98. The molecule has 19 heavy (non-hydrogen) atoms. The number of para-hydroxylation sites is 1. The molecule has 0 aliphatic carbocycles. The van der Waals surface area contributed by atoms with Gasteiger partial charge in [-0.3, -0.25) is 5.10 Å². The van der Waals surface area contributed by atoms with Crippen molar-refractivity contribution in [2.45, 2.75) is 0 Å². The molecule has 0 unspecified atom stereocenters. The fourth-order valence-corrected chi connectivity index (χ4v) is 1.96. The number of aromatic amines is 1. The van der Waals surface area contributed by atoms with Crippen LogP contribution in [0.1, 0.15) is 16.8 Å². The lowest BCUT2D eigenvalue weighted by molar-refractivity contribution is 1.11. The average Bonchev–Trinajstić information content (AvgIpc) is 2.89. The number of fused-ring (bicyclic) bond motifs is 1. The number of H-pyrrole nitrogens is 1. The zero-order valence-electron chi connectivity index (χ0n) is 10.2. The van der Waals surface area contributed by atoms with Crippen molar-refractivity contribution >= 4 is 23.1 Å². The number of benzene rings is 2. The van der Waals surface area contributed by atoms with E-state index in [1.54, 1.807) is 0 Å². The van der Waals surface area contributed by atoms with Crippen LogP contribution >= 0.6 is 0 Å². The van der Waals surface area contributed by atoms with E-state index in [4.69, 9.17) is 5.26 Å². The number of aromatic nitrogens is 2. The van der Waals surface area contributed by atoms with Gasteiger partial charge in [-0.1, -0.05) is 36.4 Å². The lowest BCUT2D eigenvalue weighted by Gasteiger charge is -1.93. The fraction of sp³-hybridized carbons (Fsp3) is 0. The third kappa shape index (κ3) is 2.24. The second-order valence-corrected chi connectivity index (χ2v) is 4.22. The molecule has 90 valence electrons. The second kappa shape index (κ2) is 4.79. The topological polar surface area (TPSA) is 52.5 Å². The van der Waals surface area contributed by atoms with E-state index in [-0.39, 0.29) is 0 Å². The van der Waals surface area contributed by atoms with Gasteiger partial charge < -0.3 is 0 Å². The summed E-state index contributed by atoms with van der Waals surface area (Å²) in [6.07, 6.45) is 3.96. The third-order valence-corrected chi connectivity index (χ3v) is 2.97. The maximum Gasteiger partial charge on any atom is 0.0991 e. The van der Waals surface area contributed by atoms with Crippen LogP contribution in [-0.2, 0) is 0 Å². The molecule has 0 atom stereocenters. The van der Waals surface area contributed by atoms with Gasteiger partial charge in [0.2, 0.25) is 0 Å². The maximum atomic E-state index is 8.74. The van der Waals surface area contributed by atoms with E-state index >= 15 is 0 Å². The van der Waals surface area contributed by atoms with Crippen molar-refractivity contribution in [2.75, 3.05) is 0 Å². The van der Waals surface area contributed by atoms with E-state index in [1.165, 1.54) is 0 Å². The molecule has 0 saturated carbocycles. The molecule has 3 nitrogen and oxygen atoms in total. The minimum Gasteiger partial charge on any atom is -0.277 e. The average molecular weight is 245 g/mol. The second-order valence-electron chi connectivity index (χ2n) is 4.22. The minimum atomic E-state index is 0.669. The SMILES string of the molecule is N#Cc1ccc(/C=C/c2n[nH]c3ccccc23)cc1. The number of hydrogen-bond acceptors (Lipinski definition) is 2. The van der Waals surface area contributed by atoms with E-state index in [2.05, 4.69) is 16.3 Å². The number of nitriles is 1. The van der Waals surface area contributed by atoms with Gasteiger partial charge in [-0.2, -0.15) is 10.4 Å². The molecule has 0 radical (unpaired) electrons. The van der Waals surface area contributed by atoms with Crippen molar-refractivity contribution < 1.29 is 0 Å². The molecule has 0 bridgehead atoms. The largest absolute Gasteiger partial charge is 0.277 e. The van der Waals surface area contributed by atoms with Crippen LogP contribution in [0.25, 0.3) is 23.1 Å². The van der Waals surface area contributed by atoms with Crippen molar-refractivity contribution in [2.24, 2.45) is 0 Å². The van der Waals surface area contributed by atoms with E-state index in [1.807, 2.05) is 60.7 Å². The molecule has 0 aliphatic rings. The first kappa shape index (κ1) is 11.2. The summed E-state index contributed by atoms with van der Waals surface area (Å²) in [6.45, 7) is 0. The van der Waals surface area contributed by atoms with Crippen molar-refractivity contribution in [3.63, 3.8) is 0 Å². The maximum absolute atomic E-state index is 8.74. The van der Waals surface area contributed by atoms with Crippen molar-refractivity contribution in [3.8, 4) is 6.07 Å². The standard InChI is InChI=1S/C16H11N3/c17-11-13-7-5-12(6-8-13)9-10-16-14-3-1-2-4-15(14)18-19-16/h1-10H,(H,18,19)/b10-9+. The summed E-state index contributed by atoms with van der Waals surface area (Å²) in [5.41, 5.74) is 3.66. The van der Waals surface area contributed by atoms with Gasteiger partial charge >= 0.3 is 0 Å². The van der Waals surface area contributed by atoms with Crippen molar-refractivity contribution in [3.05, 3.63) is 65.4 Å². The number of nitrogens with one attached hydrogen (secondary N) is 1. The Morgan fingerprint density at radius 2 is 1.79 bits per heavy atom. The Kier molecular flexibility index (Phi) is 2.83. The van der Waals surface area contributed by atoms with Crippen LogP contribution in [0.15, 0.2) is 48.5 Å². The molecule has 3 aromatic rings. The van der Waals surface area contributed by atoms with Crippen LogP contribution in [0.3, 0.4) is 0 Å². The fourth-order valence-electron chi connectivity index (χ4n) is 1.96. The molecule has 3 rings (SSSR count). The van der Waals surface area contributed by atoms with Crippen LogP contribution in [0.5, 0.6) is 0 Å². The first-order valence-corrected chi connectivity index (χ1v) is 5.98. The van der Waals surface area contributed by atoms with Crippen LogP contribution < -0.4 is 0 Å². The van der Waals surface area contributed by atoms with Gasteiger partial charge in [0.15, 0.2) is 0 Å². The van der Waals surface area contributed by atoms with E-state index in [0.29, 0.717) is 5.56 Å². The van der Waals surface area contributed by atoms with Crippen LogP contribution in [0.2, 0.25) is 0 Å². The van der Waals surface area contributed by atoms with E-state index in [9.17, 15) is 0 Å².